The van der Waals surface area contributed by atoms with E-state index in [1.54, 1.807) is 24.3 Å². The van der Waals surface area contributed by atoms with Crippen LogP contribution >= 0.6 is 0 Å². The Kier molecular flexibility index (Phi) is 12.7. The Balaban J connectivity index is 2.11. The van der Waals surface area contributed by atoms with Crippen LogP contribution in [0.15, 0.2) is 35.2 Å². The second-order valence-electron chi connectivity index (χ2n) is 7.20. The Labute approximate surface area is 161 Å². The average Bonchev–Trinajstić information content (AvgIpc) is 2.66. The minimum absolute atomic E-state index is 0.353. The highest BCUT2D eigenvalue weighted by molar-refractivity contribution is 7.91. The third kappa shape index (κ3) is 9.18. The maximum Gasteiger partial charge on any atom is 0.205 e. The first-order valence-corrected chi connectivity index (χ1v) is 12.0. The molecule has 1 rings (SSSR count). The van der Waals surface area contributed by atoms with Crippen LogP contribution in [0.25, 0.3) is 0 Å². The fourth-order valence-electron chi connectivity index (χ4n) is 3.31. The van der Waals surface area contributed by atoms with E-state index in [0.29, 0.717) is 11.3 Å². The highest BCUT2D eigenvalue weighted by Gasteiger charge is 2.26. The number of hydrogen-bond acceptors (Lipinski definition) is 3. The molecule has 4 heteroatoms. The van der Waals surface area contributed by atoms with Gasteiger partial charge < -0.3 is 4.74 Å². The lowest BCUT2D eigenvalue weighted by Crippen LogP contribution is -2.23. The van der Waals surface area contributed by atoms with Crippen molar-refractivity contribution in [3.8, 4) is 0 Å². The van der Waals surface area contributed by atoms with Gasteiger partial charge in [-0.05, 0) is 25.0 Å². The normalized spacial score (nSPS) is 13.0. The highest BCUT2D eigenvalue weighted by Crippen LogP contribution is 2.21. The number of unbranched alkanes of at least 4 members (excludes halogenated alkanes) is 11. The summed E-state index contributed by atoms with van der Waals surface area (Å²) in [5.41, 5.74) is -0.729. The summed E-state index contributed by atoms with van der Waals surface area (Å²) in [6.07, 6.45) is 15.9. The SMILES string of the molecule is CCCCCCCCCCCCCCC(OC)S(=O)(=O)c1ccccc1. The third-order valence-electron chi connectivity index (χ3n) is 4.97. The fraction of sp³-hybridized carbons (Fsp3) is 0.727. The van der Waals surface area contributed by atoms with Crippen molar-refractivity contribution < 1.29 is 13.2 Å². The molecule has 0 aromatic heterocycles. The third-order valence-corrected chi connectivity index (χ3v) is 7.02. The molecule has 3 nitrogen and oxygen atoms in total. The fourth-order valence-corrected chi connectivity index (χ4v) is 4.88. The maximum absolute atomic E-state index is 12.6. The molecule has 1 unspecified atom stereocenters. The molecule has 1 aromatic rings. The van der Waals surface area contributed by atoms with Crippen molar-refractivity contribution in [1.82, 2.24) is 0 Å². The van der Waals surface area contributed by atoms with Gasteiger partial charge in [0.25, 0.3) is 0 Å². The van der Waals surface area contributed by atoms with Gasteiger partial charge in [-0.25, -0.2) is 8.42 Å². The van der Waals surface area contributed by atoms with Gasteiger partial charge >= 0.3 is 0 Å². The Morgan fingerprint density at radius 1 is 0.769 bits per heavy atom. The van der Waals surface area contributed by atoms with Crippen molar-refractivity contribution in [2.75, 3.05) is 7.11 Å². The number of rotatable bonds is 16. The first-order chi connectivity index (χ1) is 12.6. The van der Waals surface area contributed by atoms with Crippen LogP contribution in [0.2, 0.25) is 0 Å². The molecule has 0 heterocycles. The van der Waals surface area contributed by atoms with Gasteiger partial charge in [0.2, 0.25) is 9.84 Å². The summed E-state index contributed by atoms with van der Waals surface area (Å²) >= 11 is 0. The summed E-state index contributed by atoms with van der Waals surface area (Å²) in [6.45, 7) is 2.26. The number of benzene rings is 1. The molecular weight excluding hydrogens is 344 g/mol. The lowest BCUT2D eigenvalue weighted by Gasteiger charge is -2.16. The van der Waals surface area contributed by atoms with Gasteiger partial charge in [0.05, 0.1) is 4.90 Å². The van der Waals surface area contributed by atoms with Gasteiger partial charge in [-0.1, -0.05) is 95.8 Å². The van der Waals surface area contributed by atoms with Crippen molar-refractivity contribution in [2.24, 2.45) is 0 Å². The zero-order chi connectivity index (χ0) is 19.1. The Morgan fingerprint density at radius 3 is 1.69 bits per heavy atom. The zero-order valence-electron chi connectivity index (χ0n) is 16.8. The first-order valence-electron chi connectivity index (χ1n) is 10.4. The van der Waals surface area contributed by atoms with E-state index < -0.39 is 15.3 Å². The maximum atomic E-state index is 12.6. The number of hydrogen-bond donors (Lipinski definition) is 0. The lowest BCUT2D eigenvalue weighted by molar-refractivity contribution is 0.153. The number of ether oxygens (including phenoxy) is 1. The molecule has 0 saturated heterocycles. The molecule has 0 radical (unpaired) electrons. The van der Waals surface area contributed by atoms with E-state index in [4.69, 9.17) is 4.74 Å². The molecule has 0 amide bonds. The van der Waals surface area contributed by atoms with Crippen LogP contribution in [0.1, 0.15) is 90.4 Å². The van der Waals surface area contributed by atoms with Crippen molar-refractivity contribution in [3.05, 3.63) is 30.3 Å². The largest absolute Gasteiger partial charge is 0.365 e. The van der Waals surface area contributed by atoms with Crippen LogP contribution in [-0.2, 0) is 14.6 Å². The molecule has 0 N–H and O–H groups in total. The summed E-state index contributed by atoms with van der Waals surface area (Å²) < 4.78 is 30.4. The molecular formula is C22H38O3S. The van der Waals surface area contributed by atoms with E-state index in [1.165, 1.54) is 71.3 Å². The van der Waals surface area contributed by atoms with E-state index in [2.05, 4.69) is 6.92 Å². The van der Waals surface area contributed by atoms with Crippen molar-refractivity contribution in [3.63, 3.8) is 0 Å². The number of methoxy groups -OCH3 is 1. The molecule has 0 spiro atoms. The van der Waals surface area contributed by atoms with Gasteiger partial charge in [0.1, 0.15) is 0 Å². The number of sulfone groups is 1. The van der Waals surface area contributed by atoms with E-state index in [-0.39, 0.29) is 0 Å². The van der Waals surface area contributed by atoms with Crippen LogP contribution < -0.4 is 0 Å². The van der Waals surface area contributed by atoms with Crippen LogP contribution in [0.5, 0.6) is 0 Å². The van der Waals surface area contributed by atoms with Gasteiger partial charge in [-0.3, -0.25) is 0 Å². The molecule has 0 saturated carbocycles. The Morgan fingerprint density at radius 2 is 1.23 bits per heavy atom. The summed E-state index contributed by atoms with van der Waals surface area (Å²) in [5.74, 6) is 0. The highest BCUT2D eigenvalue weighted by atomic mass is 32.2. The summed E-state index contributed by atoms with van der Waals surface area (Å²) in [6, 6.07) is 8.62. The molecule has 0 aliphatic rings. The molecule has 0 aliphatic heterocycles. The van der Waals surface area contributed by atoms with Gasteiger partial charge in [-0.2, -0.15) is 0 Å². The molecule has 0 fully saturated rings. The zero-order valence-corrected chi connectivity index (χ0v) is 17.6. The predicted molar refractivity (Wildman–Crippen MR) is 110 cm³/mol. The van der Waals surface area contributed by atoms with Crippen molar-refractivity contribution in [2.45, 2.75) is 101 Å². The van der Waals surface area contributed by atoms with Crippen molar-refractivity contribution >= 4 is 9.84 Å². The van der Waals surface area contributed by atoms with Gasteiger partial charge in [-0.15, -0.1) is 0 Å². The van der Waals surface area contributed by atoms with E-state index in [9.17, 15) is 8.42 Å². The minimum atomic E-state index is -3.39. The van der Waals surface area contributed by atoms with Crippen molar-refractivity contribution in [1.29, 1.82) is 0 Å². The summed E-state index contributed by atoms with van der Waals surface area (Å²) in [4.78, 5) is 0.353. The van der Waals surface area contributed by atoms with E-state index >= 15 is 0 Å². The van der Waals surface area contributed by atoms with E-state index in [1.807, 2.05) is 6.07 Å². The van der Waals surface area contributed by atoms with E-state index in [0.717, 1.165) is 12.8 Å². The molecule has 0 bridgehead atoms. The molecule has 26 heavy (non-hydrogen) atoms. The van der Waals surface area contributed by atoms with Gasteiger partial charge in [0, 0.05) is 7.11 Å². The van der Waals surface area contributed by atoms with Crippen LogP contribution in [0.3, 0.4) is 0 Å². The van der Waals surface area contributed by atoms with Crippen LogP contribution in [-0.4, -0.2) is 21.0 Å². The average molecular weight is 383 g/mol. The standard InChI is InChI=1S/C22H38O3S/c1-3-4-5-6-7-8-9-10-11-12-13-17-20-22(25-2)26(23,24)21-18-15-14-16-19-21/h14-16,18-19,22H,3-13,17,20H2,1-2H3. The van der Waals surface area contributed by atoms with Gasteiger partial charge in [0.15, 0.2) is 5.44 Å². The quantitative estimate of drug-likeness (QED) is 0.305. The molecule has 150 valence electrons. The van der Waals surface area contributed by atoms with Crippen LogP contribution in [0, 0.1) is 0 Å². The second-order valence-corrected chi connectivity index (χ2v) is 9.29. The molecule has 1 atom stereocenters. The minimum Gasteiger partial charge on any atom is -0.365 e. The summed E-state index contributed by atoms with van der Waals surface area (Å²) in [7, 11) is -1.90. The Hall–Kier alpha value is -0.870. The summed E-state index contributed by atoms with van der Waals surface area (Å²) in [5, 5.41) is 0. The molecule has 1 aromatic carbocycles. The molecule has 0 aliphatic carbocycles. The van der Waals surface area contributed by atoms with Crippen LogP contribution in [0.4, 0.5) is 0 Å². The predicted octanol–water partition coefficient (Wildman–Crippen LogP) is 6.52. The smallest absolute Gasteiger partial charge is 0.205 e. The Bertz CT molecular complexity index is 540. The second kappa shape index (κ2) is 14.2. The lowest BCUT2D eigenvalue weighted by atomic mass is 10.0. The topological polar surface area (TPSA) is 43.4 Å². The first kappa shape index (κ1) is 23.2. The monoisotopic (exact) mass is 382 g/mol.